The van der Waals surface area contributed by atoms with Gasteiger partial charge in [0.15, 0.2) is 0 Å². The fraction of sp³-hybridized carbons (Fsp3) is 0.438. The molecule has 0 aliphatic heterocycles. The summed E-state index contributed by atoms with van der Waals surface area (Å²) in [5.74, 6) is -1.62. The van der Waals surface area contributed by atoms with E-state index in [2.05, 4.69) is 17.9 Å². The van der Waals surface area contributed by atoms with Crippen LogP contribution in [0.2, 0.25) is 0 Å². The van der Waals surface area contributed by atoms with Crippen LogP contribution in [0.5, 0.6) is 0 Å². The van der Waals surface area contributed by atoms with Crippen LogP contribution in [0.4, 0.5) is 0 Å². The monoisotopic (exact) mass is 314 g/mol. The van der Waals surface area contributed by atoms with Crippen LogP contribution in [0, 0.1) is 0 Å². The Morgan fingerprint density at radius 1 is 1.09 bits per heavy atom. The number of carboxylic acid groups (broad SMARTS) is 1. The van der Waals surface area contributed by atoms with Gasteiger partial charge in [0.1, 0.15) is 5.60 Å². The lowest BCUT2D eigenvalue weighted by molar-refractivity contribution is -0.148. The smallest absolute Gasteiger partial charge is 0.330 e. The number of esters is 2. The van der Waals surface area contributed by atoms with E-state index in [4.69, 9.17) is 9.84 Å². The fourth-order valence-electron chi connectivity index (χ4n) is 0.687. The number of rotatable bonds is 4. The summed E-state index contributed by atoms with van der Waals surface area (Å²) in [5, 5.41) is 7.83. The molecule has 0 saturated carbocycles. The highest BCUT2D eigenvalue weighted by atomic mass is 16.6. The van der Waals surface area contributed by atoms with Gasteiger partial charge in [0.2, 0.25) is 0 Å². The van der Waals surface area contributed by atoms with Crippen LogP contribution in [0.3, 0.4) is 0 Å². The second kappa shape index (κ2) is 15.0. The van der Waals surface area contributed by atoms with E-state index in [1.54, 1.807) is 13.8 Å². The van der Waals surface area contributed by atoms with Crippen LogP contribution in [0.1, 0.15) is 34.6 Å². The second-order valence-electron chi connectivity index (χ2n) is 4.53. The van der Waals surface area contributed by atoms with E-state index in [1.807, 2.05) is 20.8 Å². The summed E-state index contributed by atoms with van der Waals surface area (Å²) >= 11 is 0. The molecule has 0 aromatic carbocycles. The van der Waals surface area contributed by atoms with Crippen LogP contribution in [0.15, 0.2) is 37.5 Å². The van der Waals surface area contributed by atoms with Crippen molar-refractivity contribution in [1.82, 2.24) is 0 Å². The lowest BCUT2D eigenvalue weighted by Crippen LogP contribution is -2.22. The molecule has 6 nitrogen and oxygen atoms in total. The van der Waals surface area contributed by atoms with Gasteiger partial charge >= 0.3 is 17.9 Å². The minimum Gasteiger partial charge on any atom is -0.478 e. The molecule has 0 unspecified atom stereocenters. The summed E-state index contributed by atoms with van der Waals surface area (Å²) in [6, 6.07) is 0. The fourth-order valence-corrected chi connectivity index (χ4v) is 0.687. The van der Waals surface area contributed by atoms with Crippen molar-refractivity contribution in [2.24, 2.45) is 0 Å². The molecule has 0 aromatic rings. The highest BCUT2D eigenvalue weighted by Gasteiger charge is 2.12. The standard InChI is InChI=1S/C7H12O2.C5H8O2.C4H6O2/c1-5-6(8)9-7(2,3)4;1-3-5(6)7-4-2;1-2-3-4(5)6/h5H,1H2,2-4H3;3H,1,4H2,2H3;2-3H,1H3,(H,5,6)/b;;3-2+. The Labute approximate surface area is 132 Å². The van der Waals surface area contributed by atoms with E-state index in [9.17, 15) is 14.4 Å². The van der Waals surface area contributed by atoms with Crippen LogP contribution in [-0.4, -0.2) is 35.2 Å². The normalized spacial score (nSPS) is 9.32. The highest BCUT2D eigenvalue weighted by Crippen LogP contribution is 2.06. The lowest BCUT2D eigenvalue weighted by atomic mass is 10.2. The van der Waals surface area contributed by atoms with Gasteiger partial charge in [-0.25, -0.2) is 14.4 Å². The molecular formula is C16H26O6. The van der Waals surface area contributed by atoms with Gasteiger partial charge in [0.05, 0.1) is 6.61 Å². The van der Waals surface area contributed by atoms with Gasteiger partial charge < -0.3 is 14.6 Å². The number of aliphatic carboxylic acids is 1. The first-order valence-corrected chi connectivity index (χ1v) is 6.54. The molecule has 0 fully saturated rings. The summed E-state index contributed by atoms with van der Waals surface area (Å²) in [6.07, 6.45) is 4.86. The maximum atomic E-state index is 10.5. The Kier molecular flexibility index (Phi) is 16.8. The number of allylic oxidation sites excluding steroid dienone is 1. The van der Waals surface area contributed by atoms with Gasteiger partial charge in [-0.1, -0.05) is 19.2 Å². The van der Waals surface area contributed by atoms with Gasteiger partial charge in [0.25, 0.3) is 0 Å². The van der Waals surface area contributed by atoms with Crippen molar-refractivity contribution in [2.45, 2.75) is 40.2 Å². The molecule has 0 bridgehead atoms. The molecular weight excluding hydrogens is 288 g/mol. The molecule has 1 N–H and O–H groups in total. The number of hydrogen-bond acceptors (Lipinski definition) is 5. The molecule has 0 saturated heterocycles. The van der Waals surface area contributed by atoms with Crippen molar-refractivity contribution >= 4 is 17.9 Å². The molecule has 126 valence electrons. The molecule has 22 heavy (non-hydrogen) atoms. The quantitative estimate of drug-likeness (QED) is 0.634. The Bertz CT molecular complexity index is 388. The average molecular weight is 314 g/mol. The number of carbonyl (C=O) groups excluding carboxylic acids is 2. The van der Waals surface area contributed by atoms with Crippen LogP contribution in [0.25, 0.3) is 0 Å². The van der Waals surface area contributed by atoms with E-state index in [1.165, 1.54) is 6.08 Å². The van der Waals surface area contributed by atoms with Crippen molar-refractivity contribution < 1.29 is 29.0 Å². The molecule has 0 aromatic heterocycles. The van der Waals surface area contributed by atoms with E-state index in [0.29, 0.717) is 6.61 Å². The third-order valence-electron chi connectivity index (χ3n) is 1.34. The van der Waals surface area contributed by atoms with Crippen LogP contribution in [-0.2, 0) is 23.9 Å². The Hall–Kier alpha value is -2.37. The molecule has 6 heteroatoms. The summed E-state index contributed by atoms with van der Waals surface area (Å²) < 4.78 is 9.26. The van der Waals surface area contributed by atoms with Crippen molar-refractivity contribution in [3.05, 3.63) is 37.5 Å². The predicted molar refractivity (Wildman–Crippen MR) is 85.3 cm³/mol. The highest BCUT2D eigenvalue weighted by molar-refractivity contribution is 5.81. The van der Waals surface area contributed by atoms with E-state index in [0.717, 1.165) is 18.2 Å². The summed E-state index contributed by atoms with van der Waals surface area (Å²) in [4.78, 5) is 30.1. The Balaban J connectivity index is -0.000000252. The average Bonchev–Trinajstić information content (AvgIpc) is 2.38. The third kappa shape index (κ3) is 30.6. The molecule has 0 aliphatic carbocycles. The first kappa shape index (κ1) is 24.6. The SMILES string of the molecule is C/C=C/C(=O)O.C=CC(=O)OC(C)(C)C.C=CC(=O)OCC. The van der Waals surface area contributed by atoms with E-state index in [-0.39, 0.29) is 11.9 Å². The zero-order valence-corrected chi connectivity index (χ0v) is 13.9. The molecule has 0 amide bonds. The molecule has 0 rings (SSSR count). The van der Waals surface area contributed by atoms with Crippen molar-refractivity contribution in [2.75, 3.05) is 6.61 Å². The molecule has 0 atom stereocenters. The predicted octanol–water partition coefficient (Wildman–Crippen LogP) is 2.90. The van der Waals surface area contributed by atoms with Crippen LogP contribution < -0.4 is 0 Å². The zero-order chi connectivity index (χ0) is 18.2. The maximum Gasteiger partial charge on any atom is 0.330 e. The lowest BCUT2D eigenvalue weighted by Gasteiger charge is -2.17. The molecule has 0 radical (unpaired) electrons. The van der Waals surface area contributed by atoms with E-state index >= 15 is 0 Å². The number of carbonyl (C=O) groups is 3. The largest absolute Gasteiger partial charge is 0.478 e. The Morgan fingerprint density at radius 2 is 1.55 bits per heavy atom. The second-order valence-corrected chi connectivity index (χ2v) is 4.53. The summed E-state index contributed by atoms with van der Waals surface area (Å²) in [6.45, 7) is 15.8. The van der Waals surface area contributed by atoms with Gasteiger partial charge in [-0.05, 0) is 34.6 Å². The zero-order valence-electron chi connectivity index (χ0n) is 13.9. The van der Waals surface area contributed by atoms with Crippen LogP contribution >= 0.6 is 0 Å². The van der Waals surface area contributed by atoms with Gasteiger partial charge in [-0.15, -0.1) is 0 Å². The molecule has 0 aliphatic rings. The minimum absolute atomic E-state index is 0.359. The summed E-state index contributed by atoms with van der Waals surface area (Å²) in [5.41, 5.74) is -0.398. The first-order valence-electron chi connectivity index (χ1n) is 6.54. The van der Waals surface area contributed by atoms with Crippen molar-refractivity contribution in [1.29, 1.82) is 0 Å². The number of carboxylic acids is 1. The van der Waals surface area contributed by atoms with Crippen molar-refractivity contribution in [3.8, 4) is 0 Å². The Morgan fingerprint density at radius 3 is 1.64 bits per heavy atom. The molecule has 0 spiro atoms. The van der Waals surface area contributed by atoms with Gasteiger partial charge in [-0.2, -0.15) is 0 Å². The van der Waals surface area contributed by atoms with Gasteiger partial charge in [-0.3, -0.25) is 0 Å². The number of hydrogen-bond donors (Lipinski definition) is 1. The summed E-state index contributed by atoms with van der Waals surface area (Å²) in [7, 11) is 0. The number of ether oxygens (including phenoxy) is 2. The minimum atomic E-state index is -0.891. The topological polar surface area (TPSA) is 89.9 Å². The van der Waals surface area contributed by atoms with E-state index < -0.39 is 11.6 Å². The first-order chi connectivity index (χ1) is 10.0. The maximum absolute atomic E-state index is 10.5. The van der Waals surface area contributed by atoms with Crippen molar-refractivity contribution in [3.63, 3.8) is 0 Å². The van der Waals surface area contributed by atoms with Gasteiger partial charge in [0, 0.05) is 18.2 Å². The third-order valence-corrected chi connectivity index (χ3v) is 1.34. The molecule has 0 heterocycles.